The fraction of sp³-hybridized carbons (Fsp3) is 0.304. The molecular formula is C23H23ClN4O2S. The maximum atomic E-state index is 12.6. The zero-order chi connectivity index (χ0) is 21.8. The van der Waals surface area contributed by atoms with E-state index in [4.69, 9.17) is 21.4 Å². The number of amidine groups is 2. The van der Waals surface area contributed by atoms with Crippen LogP contribution in [0.4, 0.5) is 0 Å². The van der Waals surface area contributed by atoms with Crippen LogP contribution >= 0.6 is 23.4 Å². The highest BCUT2D eigenvalue weighted by atomic mass is 35.5. The van der Waals surface area contributed by atoms with E-state index >= 15 is 0 Å². The highest BCUT2D eigenvalue weighted by Gasteiger charge is 2.35. The minimum absolute atomic E-state index is 0.0178. The Bertz CT molecular complexity index is 1100. The second-order valence-corrected chi connectivity index (χ2v) is 8.87. The maximum Gasteiger partial charge on any atom is 0.283 e. The Balaban J connectivity index is 1.48. The highest BCUT2D eigenvalue weighted by Crippen LogP contribution is 2.31. The number of benzene rings is 1. The molecular weight excluding hydrogens is 432 g/mol. The van der Waals surface area contributed by atoms with Crippen molar-refractivity contribution in [3.05, 3.63) is 52.8 Å². The summed E-state index contributed by atoms with van der Waals surface area (Å²) < 4.78 is 5.85. The van der Waals surface area contributed by atoms with Gasteiger partial charge in [0.05, 0.1) is 5.57 Å². The summed E-state index contributed by atoms with van der Waals surface area (Å²) in [6, 6.07) is 10.9. The number of carbonyl (C=O) groups excluding carboxylic acids is 1. The number of carbonyl (C=O) groups is 1. The molecule has 0 bridgehead atoms. The van der Waals surface area contributed by atoms with Gasteiger partial charge in [-0.15, -0.1) is 0 Å². The predicted molar refractivity (Wildman–Crippen MR) is 128 cm³/mol. The number of nitrogens with one attached hydrogen (secondary N) is 1. The number of hydrogen-bond donors (Lipinski definition) is 1. The molecule has 0 atom stereocenters. The van der Waals surface area contributed by atoms with Crippen LogP contribution in [-0.4, -0.2) is 27.0 Å². The summed E-state index contributed by atoms with van der Waals surface area (Å²) in [6.45, 7) is 2.20. The Hall–Kier alpha value is -2.64. The predicted octanol–water partition coefficient (Wildman–Crippen LogP) is 6.58. The third-order valence-corrected chi connectivity index (χ3v) is 6.22. The Labute approximate surface area is 190 Å². The smallest absolute Gasteiger partial charge is 0.283 e. The molecule has 0 aliphatic carbocycles. The van der Waals surface area contributed by atoms with Gasteiger partial charge in [0.2, 0.25) is 5.17 Å². The van der Waals surface area contributed by atoms with Gasteiger partial charge in [0.1, 0.15) is 16.6 Å². The molecule has 31 heavy (non-hydrogen) atoms. The van der Waals surface area contributed by atoms with Gasteiger partial charge in [-0.2, -0.15) is 15.1 Å². The summed E-state index contributed by atoms with van der Waals surface area (Å²) in [5.74, 6) is 0.662. The molecule has 1 amide bonds. The zero-order valence-corrected chi connectivity index (χ0v) is 18.8. The topological polar surface area (TPSA) is 82.0 Å². The Morgan fingerprint density at radius 1 is 1.19 bits per heavy atom. The number of fused-ring (bicyclic) bond motifs is 1. The molecule has 2 aromatic rings. The van der Waals surface area contributed by atoms with Crippen LogP contribution in [0.3, 0.4) is 0 Å². The van der Waals surface area contributed by atoms with Crippen molar-refractivity contribution in [1.29, 1.82) is 5.41 Å². The molecule has 4 rings (SSSR count). The van der Waals surface area contributed by atoms with Crippen LogP contribution < -0.4 is 0 Å². The van der Waals surface area contributed by atoms with Crippen LogP contribution in [0.1, 0.15) is 51.2 Å². The molecule has 2 aliphatic rings. The molecule has 1 aromatic heterocycles. The first kappa shape index (κ1) is 21.6. The molecule has 0 saturated heterocycles. The molecule has 6 nitrogen and oxygen atoms in total. The second kappa shape index (κ2) is 9.66. The van der Waals surface area contributed by atoms with Crippen molar-refractivity contribution in [3.8, 4) is 11.3 Å². The molecule has 0 spiro atoms. The number of halogens is 1. The lowest BCUT2D eigenvalue weighted by atomic mass is 10.1. The summed E-state index contributed by atoms with van der Waals surface area (Å²) in [7, 11) is 0. The molecule has 2 aliphatic heterocycles. The first-order valence-corrected chi connectivity index (χ1v) is 11.6. The number of hydrogen-bond acceptors (Lipinski definition) is 5. The molecule has 0 radical (unpaired) electrons. The van der Waals surface area contributed by atoms with Gasteiger partial charge in [-0.25, -0.2) is 0 Å². The fourth-order valence-corrected chi connectivity index (χ4v) is 4.50. The van der Waals surface area contributed by atoms with Crippen molar-refractivity contribution < 1.29 is 9.21 Å². The van der Waals surface area contributed by atoms with E-state index in [0.717, 1.165) is 29.9 Å². The van der Waals surface area contributed by atoms with E-state index in [1.807, 2.05) is 24.3 Å². The lowest BCUT2D eigenvalue weighted by Gasteiger charge is -2.19. The summed E-state index contributed by atoms with van der Waals surface area (Å²) in [4.78, 5) is 16.7. The molecule has 8 heteroatoms. The molecule has 1 N–H and O–H groups in total. The lowest BCUT2D eigenvalue weighted by Crippen LogP contribution is -2.35. The minimum atomic E-state index is -0.455. The van der Waals surface area contributed by atoms with Crippen molar-refractivity contribution in [1.82, 2.24) is 5.01 Å². The molecule has 3 heterocycles. The van der Waals surface area contributed by atoms with Gasteiger partial charge in [-0.3, -0.25) is 10.2 Å². The van der Waals surface area contributed by atoms with E-state index in [-0.39, 0.29) is 11.4 Å². The maximum absolute atomic E-state index is 12.6. The standard InChI is InChI=1S/C23H23ClN4O2S/c1-2-3-4-5-6-10-20-27-28-21(25)18(22(29)26-23(28)31-20)14-17-11-12-19(30-17)15-8-7-9-16(24)13-15/h7-9,11-14,25H,2-6,10H2,1H3/b18-14+,25-21?. The Morgan fingerprint density at radius 2 is 2.03 bits per heavy atom. The number of aliphatic imine (C=N–C) groups is 1. The van der Waals surface area contributed by atoms with Crippen LogP contribution in [-0.2, 0) is 4.79 Å². The third kappa shape index (κ3) is 4.99. The van der Waals surface area contributed by atoms with Gasteiger partial charge in [0, 0.05) is 10.6 Å². The van der Waals surface area contributed by atoms with Crippen LogP contribution in [0.2, 0.25) is 5.02 Å². The Morgan fingerprint density at radius 3 is 2.84 bits per heavy atom. The van der Waals surface area contributed by atoms with Gasteiger partial charge in [-0.05, 0) is 54.9 Å². The van der Waals surface area contributed by atoms with Crippen molar-refractivity contribution in [2.45, 2.75) is 45.4 Å². The van der Waals surface area contributed by atoms with Gasteiger partial charge in [0.15, 0.2) is 5.84 Å². The van der Waals surface area contributed by atoms with Crippen LogP contribution in [0.25, 0.3) is 17.4 Å². The van der Waals surface area contributed by atoms with Gasteiger partial charge >= 0.3 is 0 Å². The van der Waals surface area contributed by atoms with Crippen molar-refractivity contribution >= 4 is 51.4 Å². The number of hydrazone groups is 1. The van der Waals surface area contributed by atoms with Gasteiger partial charge in [0.25, 0.3) is 5.91 Å². The summed E-state index contributed by atoms with van der Waals surface area (Å²) in [6.07, 6.45) is 8.28. The van der Waals surface area contributed by atoms with E-state index in [9.17, 15) is 4.79 Å². The average molecular weight is 455 g/mol. The number of rotatable bonds is 8. The van der Waals surface area contributed by atoms with Crippen molar-refractivity contribution in [3.63, 3.8) is 0 Å². The molecule has 0 fully saturated rings. The fourth-order valence-electron chi connectivity index (χ4n) is 3.38. The van der Waals surface area contributed by atoms with Gasteiger partial charge in [-0.1, -0.05) is 56.3 Å². The van der Waals surface area contributed by atoms with E-state index < -0.39 is 5.91 Å². The van der Waals surface area contributed by atoms with Crippen LogP contribution in [0, 0.1) is 5.41 Å². The minimum Gasteiger partial charge on any atom is -0.457 e. The normalized spacial score (nSPS) is 17.2. The van der Waals surface area contributed by atoms with E-state index in [2.05, 4.69) is 17.0 Å². The molecule has 160 valence electrons. The quantitative estimate of drug-likeness (QED) is 0.360. The van der Waals surface area contributed by atoms with Crippen LogP contribution in [0.15, 0.2) is 56.5 Å². The second-order valence-electron chi connectivity index (χ2n) is 7.39. The number of amides is 1. The number of thioether (sulfide) groups is 1. The number of unbranched alkanes of at least 4 members (excludes halogenated alkanes) is 4. The third-order valence-electron chi connectivity index (χ3n) is 5.01. The SMILES string of the molecule is CCCCCCCC1=NN2C(=N)/C(=C\c3ccc(-c4cccc(Cl)c4)o3)C(=O)N=C2S1. The first-order chi connectivity index (χ1) is 15.0. The number of nitrogens with zero attached hydrogens (tertiary/aromatic N) is 3. The number of furan rings is 1. The monoisotopic (exact) mass is 454 g/mol. The zero-order valence-electron chi connectivity index (χ0n) is 17.2. The average Bonchev–Trinajstić information content (AvgIpc) is 3.38. The Kier molecular flexibility index (Phi) is 6.73. The summed E-state index contributed by atoms with van der Waals surface area (Å²) >= 11 is 7.43. The molecule has 0 unspecified atom stereocenters. The van der Waals surface area contributed by atoms with Gasteiger partial charge < -0.3 is 4.42 Å². The van der Waals surface area contributed by atoms with Crippen molar-refractivity contribution in [2.24, 2.45) is 10.1 Å². The lowest BCUT2D eigenvalue weighted by molar-refractivity contribution is -0.114. The summed E-state index contributed by atoms with van der Waals surface area (Å²) in [5.41, 5.74) is 0.996. The van der Waals surface area contributed by atoms with Crippen LogP contribution in [0.5, 0.6) is 0 Å². The molecule has 0 saturated carbocycles. The van der Waals surface area contributed by atoms with Crippen molar-refractivity contribution in [2.75, 3.05) is 0 Å². The highest BCUT2D eigenvalue weighted by molar-refractivity contribution is 8.26. The summed E-state index contributed by atoms with van der Waals surface area (Å²) in [5, 5.41) is 16.4. The van der Waals surface area contributed by atoms with E-state index in [1.165, 1.54) is 36.0 Å². The van der Waals surface area contributed by atoms with E-state index in [1.54, 1.807) is 18.2 Å². The van der Waals surface area contributed by atoms with E-state index in [0.29, 0.717) is 21.7 Å². The first-order valence-electron chi connectivity index (χ1n) is 10.4. The molecule has 1 aromatic carbocycles. The largest absolute Gasteiger partial charge is 0.457 e.